The van der Waals surface area contributed by atoms with Gasteiger partial charge in [-0.05, 0) is 41.8 Å². The molecule has 136 valence electrons. The van der Waals surface area contributed by atoms with E-state index >= 15 is 0 Å². The van der Waals surface area contributed by atoms with Gasteiger partial charge in [0.1, 0.15) is 0 Å². The van der Waals surface area contributed by atoms with E-state index in [2.05, 4.69) is 47.0 Å². The fraction of sp³-hybridized carbons (Fsp3) is 0.208. The highest BCUT2D eigenvalue weighted by Crippen LogP contribution is 2.26. The van der Waals surface area contributed by atoms with Crippen molar-refractivity contribution in [3.8, 4) is 11.1 Å². The Morgan fingerprint density at radius 2 is 1.44 bits per heavy atom. The molecule has 2 N–H and O–H groups in total. The van der Waals surface area contributed by atoms with E-state index in [1.54, 1.807) is 0 Å². The Balaban J connectivity index is 1.47. The first-order valence-electron chi connectivity index (χ1n) is 9.53. The summed E-state index contributed by atoms with van der Waals surface area (Å²) in [7, 11) is 0. The van der Waals surface area contributed by atoms with Crippen molar-refractivity contribution >= 4 is 5.91 Å². The fourth-order valence-corrected chi connectivity index (χ4v) is 3.81. The summed E-state index contributed by atoms with van der Waals surface area (Å²) < 4.78 is 0. The van der Waals surface area contributed by atoms with Gasteiger partial charge in [0.15, 0.2) is 0 Å². The molecule has 4 rings (SSSR count). The Bertz CT molecular complexity index is 875. The van der Waals surface area contributed by atoms with Crippen LogP contribution < -0.4 is 10.6 Å². The van der Waals surface area contributed by atoms with Gasteiger partial charge >= 0.3 is 0 Å². The molecule has 3 aromatic rings. The first-order valence-corrected chi connectivity index (χ1v) is 9.53. The van der Waals surface area contributed by atoms with Gasteiger partial charge in [0.25, 0.3) is 5.91 Å². The van der Waals surface area contributed by atoms with E-state index in [1.807, 2.05) is 48.5 Å². The van der Waals surface area contributed by atoms with Crippen LogP contribution in [-0.4, -0.2) is 25.0 Å². The molecule has 1 amide bonds. The minimum atomic E-state index is -0.00996. The molecule has 1 saturated heterocycles. The molecule has 0 aliphatic carbocycles. The Kier molecular flexibility index (Phi) is 5.31. The topological polar surface area (TPSA) is 41.1 Å². The van der Waals surface area contributed by atoms with E-state index in [0.29, 0.717) is 11.5 Å². The summed E-state index contributed by atoms with van der Waals surface area (Å²) in [6.07, 6.45) is 1.03. The number of hydrogen-bond acceptors (Lipinski definition) is 2. The summed E-state index contributed by atoms with van der Waals surface area (Å²) in [6, 6.07) is 28.6. The molecule has 1 aliphatic rings. The van der Waals surface area contributed by atoms with Crippen LogP contribution in [0.1, 0.15) is 28.3 Å². The van der Waals surface area contributed by atoms with Gasteiger partial charge in [0, 0.05) is 24.1 Å². The second kappa shape index (κ2) is 8.19. The van der Waals surface area contributed by atoms with E-state index in [0.717, 1.165) is 30.6 Å². The third kappa shape index (κ3) is 4.09. The lowest BCUT2D eigenvalue weighted by atomic mass is 9.86. The summed E-state index contributed by atoms with van der Waals surface area (Å²) in [5.41, 5.74) is 4.27. The highest BCUT2D eigenvalue weighted by Gasteiger charge is 2.27. The third-order valence-electron chi connectivity index (χ3n) is 5.28. The van der Waals surface area contributed by atoms with Crippen molar-refractivity contribution in [3.63, 3.8) is 0 Å². The van der Waals surface area contributed by atoms with Crippen LogP contribution in [0.5, 0.6) is 0 Å². The van der Waals surface area contributed by atoms with E-state index < -0.39 is 0 Å². The zero-order valence-electron chi connectivity index (χ0n) is 15.3. The van der Waals surface area contributed by atoms with E-state index in [1.165, 1.54) is 5.56 Å². The number of benzene rings is 3. The number of carbonyl (C=O) groups excluding carboxylic acids is 1. The lowest BCUT2D eigenvalue weighted by Crippen LogP contribution is -2.50. The molecule has 1 heterocycles. The molecule has 3 heteroatoms. The number of rotatable bonds is 4. The van der Waals surface area contributed by atoms with Crippen molar-refractivity contribution in [2.75, 3.05) is 13.1 Å². The second-order valence-electron chi connectivity index (χ2n) is 7.03. The van der Waals surface area contributed by atoms with Crippen molar-refractivity contribution in [2.45, 2.75) is 18.4 Å². The first kappa shape index (κ1) is 17.5. The van der Waals surface area contributed by atoms with Gasteiger partial charge in [-0.3, -0.25) is 4.79 Å². The van der Waals surface area contributed by atoms with E-state index in [-0.39, 0.29) is 11.9 Å². The van der Waals surface area contributed by atoms with Crippen LogP contribution in [0.25, 0.3) is 11.1 Å². The highest BCUT2D eigenvalue weighted by atomic mass is 16.1. The van der Waals surface area contributed by atoms with E-state index in [4.69, 9.17) is 0 Å². The van der Waals surface area contributed by atoms with Gasteiger partial charge in [-0.1, -0.05) is 72.8 Å². The normalized spacial score (nSPS) is 19.4. The quantitative estimate of drug-likeness (QED) is 0.734. The van der Waals surface area contributed by atoms with Crippen molar-refractivity contribution in [2.24, 2.45) is 0 Å². The molecule has 0 bridgehead atoms. The monoisotopic (exact) mass is 356 g/mol. The summed E-state index contributed by atoms with van der Waals surface area (Å²) in [6.45, 7) is 1.78. The Morgan fingerprint density at radius 1 is 0.815 bits per heavy atom. The number of piperidine rings is 1. The fourth-order valence-electron chi connectivity index (χ4n) is 3.81. The maximum atomic E-state index is 12.8. The molecule has 0 radical (unpaired) electrons. The molecular weight excluding hydrogens is 332 g/mol. The minimum Gasteiger partial charge on any atom is -0.347 e. The van der Waals surface area contributed by atoms with Gasteiger partial charge in [-0.15, -0.1) is 0 Å². The van der Waals surface area contributed by atoms with Crippen LogP contribution >= 0.6 is 0 Å². The summed E-state index contributed by atoms with van der Waals surface area (Å²) in [4.78, 5) is 12.8. The van der Waals surface area contributed by atoms with Crippen LogP contribution in [0, 0.1) is 0 Å². The van der Waals surface area contributed by atoms with Crippen LogP contribution in [0.4, 0.5) is 0 Å². The Morgan fingerprint density at radius 3 is 2.15 bits per heavy atom. The smallest absolute Gasteiger partial charge is 0.251 e. The summed E-state index contributed by atoms with van der Waals surface area (Å²) >= 11 is 0. The Labute approximate surface area is 160 Å². The van der Waals surface area contributed by atoms with Gasteiger partial charge < -0.3 is 10.6 Å². The Hall–Kier alpha value is -2.91. The zero-order chi connectivity index (χ0) is 18.5. The standard InChI is InChI=1S/C24H24N2O/c27-24(21-13-11-19(12-14-21)18-7-3-1-4-8-18)26-23-17-25-16-15-22(23)20-9-5-2-6-10-20/h1-14,22-23,25H,15-17H2,(H,26,27)/t22-,23+/m1/s1. The minimum absolute atomic E-state index is 0.00996. The molecule has 2 atom stereocenters. The van der Waals surface area contributed by atoms with Crippen LogP contribution in [0.3, 0.4) is 0 Å². The number of carbonyl (C=O) groups is 1. The van der Waals surface area contributed by atoms with Crippen LogP contribution in [-0.2, 0) is 0 Å². The van der Waals surface area contributed by atoms with Crippen molar-refractivity contribution < 1.29 is 4.79 Å². The van der Waals surface area contributed by atoms with Crippen molar-refractivity contribution in [1.82, 2.24) is 10.6 Å². The molecule has 27 heavy (non-hydrogen) atoms. The average molecular weight is 356 g/mol. The summed E-state index contributed by atoms with van der Waals surface area (Å²) in [5, 5.41) is 6.65. The lowest BCUT2D eigenvalue weighted by Gasteiger charge is -2.33. The molecule has 0 aromatic heterocycles. The van der Waals surface area contributed by atoms with Gasteiger partial charge in [0.2, 0.25) is 0 Å². The second-order valence-corrected chi connectivity index (χ2v) is 7.03. The summed E-state index contributed by atoms with van der Waals surface area (Å²) in [5.74, 6) is 0.337. The lowest BCUT2D eigenvalue weighted by molar-refractivity contribution is 0.0924. The average Bonchev–Trinajstić information content (AvgIpc) is 2.75. The third-order valence-corrected chi connectivity index (χ3v) is 5.28. The number of hydrogen-bond donors (Lipinski definition) is 2. The van der Waals surface area contributed by atoms with Crippen LogP contribution in [0.15, 0.2) is 84.9 Å². The van der Waals surface area contributed by atoms with Crippen LogP contribution in [0.2, 0.25) is 0 Å². The molecule has 0 saturated carbocycles. The van der Waals surface area contributed by atoms with E-state index in [9.17, 15) is 4.79 Å². The maximum Gasteiger partial charge on any atom is 0.251 e. The number of amides is 1. The molecule has 0 unspecified atom stereocenters. The molecule has 0 spiro atoms. The first-order chi connectivity index (χ1) is 13.3. The molecule has 1 aliphatic heterocycles. The highest BCUT2D eigenvalue weighted by molar-refractivity contribution is 5.95. The zero-order valence-corrected chi connectivity index (χ0v) is 15.3. The SMILES string of the molecule is O=C(N[C@H]1CNCC[C@@H]1c1ccccc1)c1ccc(-c2ccccc2)cc1. The van der Waals surface area contributed by atoms with Crippen molar-refractivity contribution in [1.29, 1.82) is 0 Å². The largest absolute Gasteiger partial charge is 0.347 e. The maximum absolute atomic E-state index is 12.8. The predicted molar refractivity (Wildman–Crippen MR) is 110 cm³/mol. The molecule has 3 nitrogen and oxygen atoms in total. The molecule has 3 aromatic carbocycles. The predicted octanol–water partition coefficient (Wildman–Crippen LogP) is 4.23. The van der Waals surface area contributed by atoms with Gasteiger partial charge in [-0.25, -0.2) is 0 Å². The van der Waals surface area contributed by atoms with Crippen molar-refractivity contribution in [3.05, 3.63) is 96.1 Å². The van der Waals surface area contributed by atoms with Gasteiger partial charge in [0.05, 0.1) is 0 Å². The number of nitrogens with one attached hydrogen (secondary N) is 2. The van der Waals surface area contributed by atoms with Gasteiger partial charge in [-0.2, -0.15) is 0 Å². The molecule has 1 fully saturated rings. The molecular formula is C24H24N2O.